The predicted molar refractivity (Wildman–Crippen MR) is 40.7 cm³/mol. The topological polar surface area (TPSA) is 59.0 Å². The van der Waals surface area contributed by atoms with Gasteiger partial charge in [0.25, 0.3) is 0 Å². The minimum absolute atomic E-state index is 0.571. The molecule has 2 N–H and O–H groups in total. The van der Waals surface area contributed by atoms with Crippen molar-refractivity contribution in [3.63, 3.8) is 0 Å². The second-order valence-corrected chi connectivity index (χ2v) is 2.21. The van der Waals surface area contributed by atoms with Gasteiger partial charge < -0.3 is 4.84 Å². The zero-order valence-electron chi connectivity index (χ0n) is 6.16. The van der Waals surface area contributed by atoms with Crippen LogP contribution in [0.4, 0.5) is 0 Å². The average molecular weight is 148 g/mol. The third-order valence-corrected chi connectivity index (χ3v) is 1.45. The predicted octanol–water partition coefficient (Wildman–Crippen LogP) is 1.12. The van der Waals surface area contributed by atoms with Crippen molar-refractivity contribution in [2.24, 2.45) is 5.90 Å². The smallest absolute Gasteiger partial charge is 0.147 e. The highest BCUT2D eigenvalue weighted by molar-refractivity contribution is 5.41. The number of benzene rings is 1. The molecule has 56 valence electrons. The van der Waals surface area contributed by atoms with Gasteiger partial charge in [0.2, 0.25) is 0 Å². The summed E-state index contributed by atoms with van der Waals surface area (Å²) < 4.78 is 0. The average Bonchev–Trinajstić information content (AvgIpc) is 2.04. The first-order valence-corrected chi connectivity index (χ1v) is 3.15. The Bertz CT molecular complexity index is 301. The fraction of sp³-hybridized carbons (Fsp3) is 0.125. The maximum absolute atomic E-state index is 8.56. The first-order chi connectivity index (χ1) is 5.27. The van der Waals surface area contributed by atoms with Crippen LogP contribution >= 0.6 is 0 Å². The van der Waals surface area contributed by atoms with Gasteiger partial charge in [0, 0.05) is 0 Å². The molecule has 0 atom stereocenters. The van der Waals surface area contributed by atoms with Crippen LogP contribution in [0, 0.1) is 18.3 Å². The Kier molecular flexibility index (Phi) is 2.09. The number of aryl methyl sites for hydroxylation is 1. The Hall–Kier alpha value is -1.53. The summed E-state index contributed by atoms with van der Waals surface area (Å²) in [7, 11) is 0. The second-order valence-electron chi connectivity index (χ2n) is 2.21. The number of nitrogens with zero attached hydrogens (tertiary/aromatic N) is 1. The molecule has 1 rings (SSSR count). The molecule has 0 aliphatic rings. The Morgan fingerprint density at radius 2 is 2.27 bits per heavy atom. The van der Waals surface area contributed by atoms with E-state index in [0.717, 1.165) is 5.56 Å². The molecular formula is C8H8N2O. The summed E-state index contributed by atoms with van der Waals surface area (Å²) in [5.74, 6) is 5.50. The Morgan fingerprint density at radius 3 is 2.73 bits per heavy atom. The Labute approximate surface area is 65.0 Å². The summed E-state index contributed by atoms with van der Waals surface area (Å²) in [5.41, 5.74) is 1.52. The van der Waals surface area contributed by atoms with Crippen LogP contribution in [0.15, 0.2) is 18.2 Å². The van der Waals surface area contributed by atoms with Crippen molar-refractivity contribution in [1.82, 2.24) is 0 Å². The molecule has 0 spiro atoms. The molecule has 3 heteroatoms. The van der Waals surface area contributed by atoms with Gasteiger partial charge in [0.1, 0.15) is 5.75 Å². The van der Waals surface area contributed by atoms with Gasteiger partial charge in [0.05, 0.1) is 11.6 Å². The van der Waals surface area contributed by atoms with E-state index in [1.807, 2.05) is 6.92 Å². The van der Waals surface area contributed by atoms with Crippen molar-refractivity contribution >= 4 is 0 Å². The van der Waals surface area contributed by atoms with Crippen molar-refractivity contribution in [1.29, 1.82) is 5.26 Å². The minimum Gasteiger partial charge on any atom is -0.412 e. The zero-order chi connectivity index (χ0) is 8.27. The molecule has 0 aromatic heterocycles. The molecule has 0 unspecified atom stereocenters. The minimum atomic E-state index is 0.571. The van der Waals surface area contributed by atoms with Crippen molar-refractivity contribution in [3.8, 4) is 11.8 Å². The number of nitriles is 1. The molecule has 3 nitrogen and oxygen atoms in total. The van der Waals surface area contributed by atoms with E-state index in [1.165, 1.54) is 0 Å². The van der Waals surface area contributed by atoms with E-state index in [9.17, 15) is 0 Å². The Morgan fingerprint density at radius 1 is 1.55 bits per heavy atom. The summed E-state index contributed by atoms with van der Waals surface area (Å²) in [6, 6.07) is 7.11. The largest absolute Gasteiger partial charge is 0.412 e. The lowest BCUT2D eigenvalue weighted by Gasteiger charge is -1.99. The van der Waals surface area contributed by atoms with Crippen molar-refractivity contribution in [2.45, 2.75) is 6.92 Å². The molecule has 1 aromatic carbocycles. The van der Waals surface area contributed by atoms with E-state index < -0.39 is 0 Å². The van der Waals surface area contributed by atoms with Crippen molar-refractivity contribution in [3.05, 3.63) is 29.3 Å². The van der Waals surface area contributed by atoms with Crippen LogP contribution in [-0.4, -0.2) is 0 Å². The van der Waals surface area contributed by atoms with Gasteiger partial charge in [-0.15, -0.1) is 0 Å². The summed E-state index contributed by atoms with van der Waals surface area (Å²) >= 11 is 0. The zero-order valence-corrected chi connectivity index (χ0v) is 6.16. The molecule has 0 amide bonds. The van der Waals surface area contributed by atoms with E-state index in [-0.39, 0.29) is 0 Å². The lowest BCUT2D eigenvalue weighted by atomic mass is 10.1. The van der Waals surface area contributed by atoms with E-state index in [2.05, 4.69) is 10.9 Å². The monoisotopic (exact) mass is 148 g/mol. The van der Waals surface area contributed by atoms with Gasteiger partial charge in [0.15, 0.2) is 0 Å². The normalized spacial score (nSPS) is 8.82. The van der Waals surface area contributed by atoms with Gasteiger partial charge >= 0.3 is 0 Å². The molecule has 0 fully saturated rings. The number of hydrogen-bond donors (Lipinski definition) is 1. The molecule has 0 bridgehead atoms. The lowest BCUT2D eigenvalue weighted by molar-refractivity contribution is 0.334. The Balaban J connectivity index is 3.12. The van der Waals surface area contributed by atoms with Gasteiger partial charge in [-0.1, -0.05) is 0 Å². The van der Waals surface area contributed by atoms with Gasteiger partial charge in [-0.2, -0.15) is 11.2 Å². The first kappa shape index (κ1) is 7.58. The van der Waals surface area contributed by atoms with E-state index in [4.69, 9.17) is 11.2 Å². The molecule has 0 aliphatic heterocycles. The number of hydrogen-bond acceptors (Lipinski definition) is 3. The van der Waals surface area contributed by atoms with Crippen LogP contribution in [0.1, 0.15) is 11.1 Å². The molecule has 0 aliphatic carbocycles. The van der Waals surface area contributed by atoms with Crippen LogP contribution < -0.4 is 10.7 Å². The molecular weight excluding hydrogens is 140 g/mol. The molecule has 0 saturated carbocycles. The van der Waals surface area contributed by atoms with Crippen LogP contribution in [0.2, 0.25) is 0 Å². The highest BCUT2D eigenvalue weighted by Gasteiger charge is 1.97. The lowest BCUT2D eigenvalue weighted by Crippen LogP contribution is -2.01. The van der Waals surface area contributed by atoms with Gasteiger partial charge in [-0.3, -0.25) is 0 Å². The highest BCUT2D eigenvalue weighted by atomic mass is 16.6. The third kappa shape index (κ3) is 1.48. The van der Waals surface area contributed by atoms with Crippen LogP contribution in [0.25, 0.3) is 0 Å². The third-order valence-electron chi connectivity index (χ3n) is 1.45. The summed E-state index contributed by atoms with van der Waals surface area (Å²) in [6.07, 6.45) is 0. The fourth-order valence-electron chi connectivity index (χ4n) is 0.835. The SMILES string of the molecule is Cc1cc(ON)ccc1C#N. The maximum Gasteiger partial charge on any atom is 0.147 e. The van der Waals surface area contributed by atoms with Crippen LogP contribution in [-0.2, 0) is 0 Å². The standard InChI is InChI=1S/C8H8N2O/c1-6-4-8(11-10)3-2-7(6)5-9/h2-4H,10H2,1H3. The number of nitrogens with two attached hydrogens (primary N) is 1. The van der Waals surface area contributed by atoms with Gasteiger partial charge in [-0.25, -0.2) is 0 Å². The van der Waals surface area contributed by atoms with E-state index in [1.54, 1.807) is 18.2 Å². The summed E-state index contributed by atoms with van der Waals surface area (Å²) in [6.45, 7) is 1.83. The molecule has 0 radical (unpaired) electrons. The second kappa shape index (κ2) is 3.04. The molecule has 0 saturated heterocycles. The van der Waals surface area contributed by atoms with Crippen LogP contribution in [0.5, 0.6) is 5.75 Å². The van der Waals surface area contributed by atoms with Crippen molar-refractivity contribution in [2.75, 3.05) is 0 Å². The summed E-state index contributed by atoms with van der Waals surface area (Å²) in [4.78, 5) is 4.49. The summed E-state index contributed by atoms with van der Waals surface area (Å²) in [5, 5.41) is 8.56. The van der Waals surface area contributed by atoms with Gasteiger partial charge in [-0.05, 0) is 30.7 Å². The molecule has 11 heavy (non-hydrogen) atoms. The fourth-order valence-corrected chi connectivity index (χ4v) is 0.835. The van der Waals surface area contributed by atoms with E-state index in [0.29, 0.717) is 11.3 Å². The maximum atomic E-state index is 8.56. The van der Waals surface area contributed by atoms with E-state index >= 15 is 0 Å². The quantitative estimate of drug-likeness (QED) is 0.607. The van der Waals surface area contributed by atoms with Crippen molar-refractivity contribution < 1.29 is 4.84 Å². The number of rotatable bonds is 1. The molecule has 0 heterocycles. The van der Waals surface area contributed by atoms with Crippen LogP contribution in [0.3, 0.4) is 0 Å². The molecule has 1 aromatic rings. The highest BCUT2D eigenvalue weighted by Crippen LogP contribution is 2.14. The first-order valence-electron chi connectivity index (χ1n) is 3.15.